The minimum absolute atomic E-state index is 0.216. The lowest BCUT2D eigenvalue weighted by molar-refractivity contribution is -0.117. The molecule has 1 heterocycles. The van der Waals surface area contributed by atoms with Crippen LogP contribution in [0.15, 0.2) is 4.42 Å². The Morgan fingerprint density at radius 2 is 2.43 bits per heavy atom. The van der Waals surface area contributed by atoms with Gasteiger partial charge in [-0.1, -0.05) is 5.10 Å². The molecule has 0 radical (unpaired) electrons. The minimum Gasteiger partial charge on any atom is -0.407 e. The van der Waals surface area contributed by atoms with Crippen molar-refractivity contribution in [2.75, 3.05) is 11.9 Å². The summed E-state index contributed by atoms with van der Waals surface area (Å²) in [6.45, 7) is 2.09. The van der Waals surface area contributed by atoms with Crippen LogP contribution >= 0.6 is 11.6 Å². The van der Waals surface area contributed by atoms with Gasteiger partial charge in [0, 0.05) is 13.0 Å². The van der Waals surface area contributed by atoms with Crippen molar-refractivity contribution < 1.29 is 9.21 Å². The van der Waals surface area contributed by atoms with Gasteiger partial charge in [0.1, 0.15) is 5.38 Å². The summed E-state index contributed by atoms with van der Waals surface area (Å²) in [4.78, 5) is 10.4. The highest BCUT2D eigenvalue weighted by molar-refractivity contribution is 6.20. The van der Waals surface area contributed by atoms with E-state index in [0.29, 0.717) is 12.4 Å². The Kier molecular flexibility index (Phi) is 3.70. The van der Waals surface area contributed by atoms with E-state index in [0.717, 1.165) is 0 Å². The van der Waals surface area contributed by atoms with E-state index in [9.17, 15) is 4.79 Å². The first-order valence-electron chi connectivity index (χ1n) is 4.09. The lowest BCUT2D eigenvalue weighted by atomic mass is 10.4. The summed E-state index contributed by atoms with van der Waals surface area (Å²) in [5, 5.41) is 9.78. The first-order chi connectivity index (χ1) is 6.59. The van der Waals surface area contributed by atoms with E-state index in [1.165, 1.54) is 0 Å². The highest BCUT2D eigenvalue weighted by atomic mass is 35.5. The van der Waals surface area contributed by atoms with Crippen molar-refractivity contribution in [2.24, 2.45) is 5.73 Å². The van der Waals surface area contributed by atoms with Crippen molar-refractivity contribution in [2.45, 2.75) is 18.7 Å². The normalized spacial score (nSPS) is 12.4. The van der Waals surface area contributed by atoms with Crippen LogP contribution in [0.4, 0.5) is 6.01 Å². The maximum absolute atomic E-state index is 10.4. The average molecular weight is 219 g/mol. The lowest BCUT2D eigenvalue weighted by Gasteiger charge is -1.97. The quantitative estimate of drug-likeness (QED) is 0.708. The van der Waals surface area contributed by atoms with Gasteiger partial charge in [-0.15, -0.1) is 16.7 Å². The van der Waals surface area contributed by atoms with Gasteiger partial charge >= 0.3 is 6.01 Å². The number of aromatic nitrogens is 2. The van der Waals surface area contributed by atoms with Crippen LogP contribution in [-0.2, 0) is 4.79 Å². The van der Waals surface area contributed by atoms with Gasteiger partial charge in [0.25, 0.3) is 0 Å². The summed E-state index contributed by atoms with van der Waals surface area (Å²) in [5.41, 5.74) is 4.94. The van der Waals surface area contributed by atoms with Crippen molar-refractivity contribution >= 4 is 23.5 Å². The maximum atomic E-state index is 10.4. The Labute approximate surface area is 85.8 Å². The number of halogens is 1. The Morgan fingerprint density at radius 1 is 1.71 bits per heavy atom. The molecule has 6 nitrogen and oxygen atoms in total. The van der Waals surface area contributed by atoms with E-state index in [1.807, 2.05) is 0 Å². The average Bonchev–Trinajstić information content (AvgIpc) is 2.52. The molecule has 0 bridgehead atoms. The second-order valence-corrected chi connectivity index (χ2v) is 3.36. The number of primary amides is 1. The third kappa shape index (κ3) is 3.21. The Morgan fingerprint density at radius 3 is 2.93 bits per heavy atom. The molecule has 1 aromatic heterocycles. The standard InChI is InChI=1S/C7H11ClN4O2/c1-4(8)6-11-12-7(14-6)10-3-2-5(9)13/h4H,2-3H2,1H3,(H2,9,13)(H,10,12). The predicted octanol–water partition coefficient (Wildman–Crippen LogP) is 0.657. The molecule has 3 N–H and O–H groups in total. The van der Waals surface area contributed by atoms with Crippen molar-refractivity contribution in [3.63, 3.8) is 0 Å². The maximum Gasteiger partial charge on any atom is 0.315 e. The second-order valence-electron chi connectivity index (χ2n) is 2.70. The molecule has 0 saturated carbocycles. The second kappa shape index (κ2) is 4.80. The number of anilines is 1. The van der Waals surface area contributed by atoms with Crippen LogP contribution in [0, 0.1) is 0 Å². The molecule has 0 aliphatic heterocycles. The molecule has 1 aromatic rings. The van der Waals surface area contributed by atoms with Crippen molar-refractivity contribution in [3.05, 3.63) is 5.89 Å². The van der Waals surface area contributed by atoms with Crippen LogP contribution in [-0.4, -0.2) is 22.6 Å². The largest absolute Gasteiger partial charge is 0.407 e. The molecular weight excluding hydrogens is 208 g/mol. The van der Waals surface area contributed by atoms with Gasteiger partial charge in [0.2, 0.25) is 11.8 Å². The summed E-state index contributed by atoms with van der Waals surface area (Å²) in [6.07, 6.45) is 0.216. The minimum atomic E-state index is -0.386. The van der Waals surface area contributed by atoms with E-state index >= 15 is 0 Å². The van der Waals surface area contributed by atoms with Crippen LogP contribution in [0.25, 0.3) is 0 Å². The highest BCUT2D eigenvalue weighted by Gasteiger charge is 2.10. The molecule has 1 rings (SSSR count). The fourth-order valence-corrected chi connectivity index (χ4v) is 0.848. The first kappa shape index (κ1) is 10.8. The summed E-state index contributed by atoms with van der Waals surface area (Å²) in [7, 11) is 0. The lowest BCUT2D eigenvalue weighted by Crippen LogP contribution is -2.15. The number of nitrogens with one attached hydrogen (secondary N) is 1. The van der Waals surface area contributed by atoms with E-state index in [-0.39, 0.29) is 23.7 Å². The summed E-state index contributed by atoms with van der Waals surface area (Å²) < 4.78 is 5.11. The highest BCUT2D eigenvalue weighted by Crippen LogP contribution is 2.18. The number of rotatable bonds is 5. The van der Waals surface area contributed by atoms with E-state index in [1.54, 1.807) is 6.92 Å². The molecule has 1 atom stereocenters. The summed E-state index contributed by atoms with van der Waals surface area (Å²) in [6, 6.07) is 0.244. The number of carbonyl (C=O) groups is 1. The van der Waals surface area contributed by atoms with Crippen LogP contribution < -0.4 is 11.1 Å². The zero-order valence-corrected chi connectivity index (χ0v) is 8.41. The Bertz CT molecular complexity index is 312. The van der Waals surface area contributed by atoms with Crippen LogP contribution in [0.1, 0.15) is 24.6 Å². The van der Waals surface area contributed by atoms with Crippen LogP contribution in [0.2, 0.25) is 0 Å². The van der Waals surface area contributed by atoms with Crippen molar-refractivity contribution in [1.29, 1.82) is 0 Å². The monoisotopic (exact) mass is 218 g/mol. The van der Waals surface area contributed by atoms with Crippen molar-refractivity contribution in [3.8, 4) is 0 Å². The molecule has 0 spiro atoms. The summed E-state index contributed by atoms with van der Waals surface area (Å²) >= 11 is 5.70. The van der Waals surface area contributed by atoms with E-state index < -0.39 is 0 Å². The molecule has 14 heavy (non-hydrogen) atoms. The first-order valence-corrected chi connectivity index (χ1v) is 4.53. The van der Waals surface area contributed by atoms with Gasteiger partial charge in [-0.05, 0) is 6.92 Å². The van der Waals surface area contributed by atoms with E-state index in [4.69, 9.17) is 21.8 Å². The molecular formula is C7H11ClN4O2. The molecule has 0 saturated heterocycles. The van der Waals surface area contributed by atoms with Gasteiger partial charge in [-0.3, -0.25) is 4.79 Å². The third-order valence-electron chi connectivity index (χ3n) is 1.43. The van der Waals surface area contributed by atoms with Gasteiger partial charge in [-0.25, -0.2) is 0 Å². The number of alkyl halides is 1. The fraction of sp³-hybridized carbons (Fsp3) is 0.571. The van der Waals surface area contributed by atoms with Gasteiger partial charge in [0.15, 0.2) is 0 Å². The molecule has 78 valence electrons. The smallest absolute Gasteiger partial charge is 0.315 e. The number of carbonyl (C=O) groups excluding carboxylic acids is 1. The van der Waals surface area contributed by atoms with E-state index in [2.05, 4.69) is 15.5 Å². The zero-order chi connectivity index (χ0) is 10.6. The van der Waals surface area contributed by atoms with Crippen molar-refractivity contribution in [1.82, 2.24) is 10.2 Å². The number of hydrogen-bond donors (Lipinski definition) is 2. The van der Waals surface area contributed by atoms with Gasteiger partial charge in [0.05, 0.1) is 0 Å². The predicted molar refractivity (Wildman–Crippen MR) is 50.9 cm³/mol. The Hall–Kier alpha value is -1.30. The van der Waals surface area contributed by atoms with Crippen LogP contribution in [0.5, 0.6) is 0 Å². The number of amides is 1. The fourth-order valence-electron chi connectivity index (χ4n) is 0.759. The molecule has 1 unspecified atom stereocenters. The molecule has 0 fully saturated rings. The summed E-state index contributed by atoms with van der Waals surface area (Å²) in [5.74, 6) is -0.0452. The molecule has 7 heteroatoms. The molecule has 1 amide bonds. The molecule has 0 aromatic carbocycles. The third-order valence-corrected chi connectivity index (χ3v) is 1.62. The zero-order valence-electron chi connectivity index (χ0n) is 7.66. The Balaban J connectivity index is 2.40. The van der Waals surface area contributed by atoms with Crippen LogP contribution in [0.3, 0.4) is 0 Å². The number of nitrogens with zero attached hydrogens (tertiary/aromatic N) is 2. The van der Waals surface area contributed by atoms with Gasteiger partial charge < -0.3 is 15.5 Å². The SMILES string of the molecule is CC(Cl)c1nnc(NCCC(N)=O)o1. The number of nitrogens with two attached hydrogens (primary N) is 1. The molecule has 0 aliphatic carbocycles. The topological polar surface area (TPSA) is 94.0 Å². The van der Waals surface area contributed by atoms with Gasteiger partial charge in [-0.2, -0.15) is 0 Å². The number of hydrogen-bond acceptors (Lipinski definition) is 5. The molecule has 0 aliphatic rings.